The highest BCUT2D eigenvalue weighted by Gasteiger charge is 2.63. The van der Waals surface area contributed by atoms with Crippen molar-refractivity contribution in [3.63, 3.8) is 0 Å². The van der Waals surface area contributed by atoms with Crippen molar-refractivity contribution in [3.8, 4) is 0 Å². The molecule has 1 aliphatic heterocycles. The van der Waals surface area contributed by atoms with Crippen LogP contribution in [0.5, 0.6) is 0 Å². The second kappa shape index (κ2) is 5.97. The summed E-state index contributed by atoms with van der Waals surface area (Å²) in [5, 5.41) is 10.3. The van der Waals surface area contributed by atoms with Crippen molar-refractivity contribution < 1.29 is 14.6 Å². The van der Waals surface area contributed by atoms with Crippen molar-refractivity contribution in [1.82, 2.24) is 14.9 Å². The number of likely N-dealkylation sites (tertiary alicyclic amines) is 1. The molecule has 1 saturated carbocycles. The molecule has 1 spiro atoms. The number of aliphatic hydroxyl groups is 1. The molecule has 132 valence electrons. The quantitative estimate of drug-likeness (QED) is 0.834. The Balaban J connectivity index is 1.64. The lowest BCUT2D eigenvalue weighted by Crippen LogP contribution is -2.69. The number of aromatic nitrogens is 2. The third kappa shape index (κ3) is 2.56. The molecule has 1 saturated heterocycles. The van der Waals surface area contributed by atoms with Gasteiger partial charge in [0.2, 0.25) is 5.91 Å². The van der Waals surface area contributed by atoms with E-state index in [9.17, 15) is 14.7 Å². The largest absolute Gasteiger partial charge is 0.392 e. The van der Waals surface area contributed by atoms with Crippen LogP contribution >= 0.6 is 0 Å². The van der Waals surface area contributed by atoms with Crippen LogP contribution in [0.4, 0.5) is 0 Å². The fraction of sp³-hybridized carbons (Fsp3) is 0.706. The van der Waals surface area contributed by atoms with E-state index < -0.39 is 0 Å². The number of hydrogen-bond acceptors (Lipinski definition) is 5. The second-order valence-corrected chi connectivity index (χ2v) is 7.19. The fourth-order valence-electron chi connectivity index (χ4n) is 4.20. The van der Waals surface area contributed by atoms with Gasteiger partial charge < -0.3 is 19.7 Å². The van der Waals surface area contributed by atoms with Gasteiger partial charge in [0.15, 0.2) is 0 Å². The van der Waals surface area contributed by atoms with Crippen LogP contribution in [-0.4, -0.2) is 57.8 Å². The molecular weight excluding hydrogens is 310 g/mol. The molecule has 1 aliphatic carbocycles. The van der Waals surface area contributed by atoms with E-state index in [1.54, 1.807) is 18.9 Å². The second-order valence-electron chi connectivity index (χ2n) is 7.19. The summed E-state index contributed by atoms with van der Waals surface area (Å²) in [4.78, 5) is 32.8. The minimum absolute atomic E-state index is 0.0553. The number of rotatable bonds is 3. The highest BCUT2D eigenvalue weighted by Crippen LogP contribution is 2.57. The van der Waals surface area contributed by atoms with Gasteiger partial charge in [-0.05, 0) is 26.7 Å². The summed E-state index contributed by atoms with van der Waals surface area (Å²) in [6.07, 6.45) is 3.22. The molecule has 3 rings (SSSR count). The molecular formula is C17H25N3O4. The monoisotopic (exact) mass is 335 g/mol. The van der Waals surface area contributed by atoms with E-state index >= 15 is 0 Å². The fourth-order valence-corrected chi connectivity index (χ4v) is 4.20. The maximum Gasteiger partial charge on any atom is 0.254 e. The lowest BCUT2D eigenvalue weighted by Gasteiger charge is -2.62. The van der Waals surface area contributed by atoms with E-state index in [0.29, 0.717) is 43.7 Å². The molecule has 7 heteroatoms. The smallest absolute Gasteiger partial charge is 0.254 e. The molecule has 2 aliphatic rings. The Morgan fingerprint density at radius 2 is 2.17 bits per heavy atom. The van der Waals surface area contributed by atoms with Crippen molar-refractivity contribution >= 4 is 5.91 Å². The van der Waals surface area contributed by atoms with E-state index in [2.05, 4.69) is 9.97 Å². The van der Waals surface area contributed by atoms with E-state index in [4.69, 9.17) is 4.74 Å². The summed E-state index contributed by atoms with van der Waals surface area (Å²) < 4.78 is 5.64. The number of aromatic amines is 1. The van der Waals surface area contributed by atoms with Crippen LogP contribution in [0.2, 0.25) is 0 Å². The topological polar surface area (TPSA) is 95.5 Å². The summed E-state index contributed by atoms with van der Waals surface area (Å²) in [5.74, 6) is 0.461. The Kier molecular flexibility index (Phi) is 4.25. The van der Waals surface area contributed by atoms with Gasteiger partial charge in [-0.2, -0.15) is 0 Å². The first-order valence-electron chi connectivity index (χ1n) is 8.37. The molecule has 2 N–H and O–H groups in total. The Morgan fingerprint density at radius 3 is 2.71 bits per heavy atom. The first-order chi connectivity index (χ1) is 11.3. The predicted octanol–water partition coefficient (Wildman–Crippen LogP) is 0.399. The molecule has 24 heavy (non-hydrogen) atoms. The molecule has 0 bridgehead atoms. The minimum Gasteiger partial charge on any atom is -0.392 e. The van der Waals surface area contributed by atoms with E-state index in [-0.39, 0.29) is 35.0 Å². The van der Waals surface area contributed by atoms with E-state index in [1.165, 1.54) is 6.20 Å². The Labute approximate surface area is 141 Å². The number of nitrogens with zero attached hydrogens (tertiary/aromatic N) is 2. The molecule has 0 aromatic carbocycles. The number of hydrogen-bond donors (Lipinski definition) is 2. The maximum absolute atomic E-state index is 12.5. The number of methoxy groups -OCH3 is 1. The lowest BCUT2D eigenvalue weighted by atomic mass is 9.51. The molecule has 2 heterocycles. The minimum atomic E-state index is -0.371. The van der Waals surface area contributed by atoms with Gasteiger partial charge in [0, 0.05) is 43.8 Å². The highest BCUT2D eigenvalue weighted by atomic mass is 16.5. The number of aliphatic hydroxyl groups excluding tert-OH is 1. The number of carbonyl (C=O) groups excluding carboxylic acids is 1. The number of nitrogens with one attached hydrogen (secondary N) is 1. The van der Waals surface area contributed by atoms with Crippen molar-refractivity contribution in [2.24, 2.45) is 5.41 Å². The van der Waals surface area contributed by atoms with Gasteiger partial charge >= 0.3 is 0 Å². The summed E-state index contributed by atoms with van der Waals surface area (Å²) in [6, 6.07) is 0. The lowest BCUT2D eigenvalue weighted by molar-refractivity contribution is -0.261. The number of H-pyrrole nitrogens is 1. The number of aryl methyl sites for hydroxylation is 1. The molecule has 0 radical (unpaired) electrons. The average molecular weight is 335 g/mol. The number of piperidine rings is 1. The molecule has 0 unspecified atom stereocenters. The summed E-state index contributed by atoms with van der Waals surface area (Å²) in [6.45, 7) is 4.89. The van der Waals surface area contributed by atoms with E-state index in [1.807, 2.05) is 6.92 Å². The van der Waals surface area contributed by atoms with Crippen molar-refractivity contribution in [3.05, 3.63) is 27.9 Å². The Hall–Kier alpha value is -1.73. The molecule has 1 aromatic heterocycles. The molecule has 2 fully saturated rings. The van der Waals surface area contributed by atoms with Crippen LogP contribution in [0.3, 0.4) is 0 Å². The van der Waals surface area contributed by atoms with Gasteiger partial charge in [-0.1, -0.05) is 0 Å². The van der Waals surface area contributed by atoms with Gasteiger partial charge in [-0.3, -0.25) is 9.59 Å². The number of carbonyl (C=O) groups is 1. The van der Waals surface area contributed by atoms with Crippen molar-refractivity contribution in [2.45, 2.75) is 51.2 Å². The third-order valence-electron chi connectivity index (χ3n) is 6.07. The molecule has 1 aromatic rings. The van der Waals surface area contributed by atoms with Gasteiger partial charge in [-0.15, -0.1) is 0 Å². The normalized spacial score (nSPS) is 28.7. The first-order valence-corrected chi connectivity index (χ1v) is 8.37. The highest BCUT2D eigenvalue weighted by molar-refractivity contribution is 5.78. The SMILES string of the molecule is CO[C@@]1(C)C[C@@H](O)C12CCN(C(=O)Cc1cnc(C)[nH]c1=O)CC2. The van der Waals surface area contributed by atoms with Gasteiger partial charge in [0.05, 0.1) is 18.1 Å². The van der Waals surface area contributed by atoms with Crippen LogP contribution in [0.25, 0.3) is 0 Å². The Bertz CT molecular complexity index is 693. The van der Waals surface area contributed by atoms with Crippen LogP contribution in [0, 0.1) is 12.3 Å². The molecule has 2 atom stereocenters. The maximum atomic E-state index is 12.5. The van der Waals surface area contributed by atoms with Gasteiger partial charge in [0.25, 0.3) is 5.56 Å². The summed E-state index contributed by atoms with van der Waals surface area (Å²) >= 11 is 0. The van der Waals surface area contributed by atoms with Gasteiger partial charge in [-0.25, -0.2) is 4.98 Å². The van der Waals surface area contributed by atoms with Crippen LogP contribution in [0.15, 0.2) is 11.0 Å². The van der Waals surface area contributed by atoms with Crippen LogP contribution in [0.1, 0.15) is 37.6 Å². The standard InChI is InChI=1S/C17H25N3O4/c1-11-18-10-12(15(23)19-11)8-14(22)20-6-4-17(5-7-20)13(21)9-16(17,2)24-3/h10,13,21H,4-9H2,1-3H3,(H,18,19,23)/t13-,16+/m1/s1. The summed E-state index contributed by atoms with van der Waals surface area (Å²) in [7, 11) is 1.68. The molecule has 7 nitrogen and oxygen atoms in total. The van der Waals surface area contributed by atoms with Gasteiger partial charge in [0.1, 0.15) is 5.82 Å². The van der Waals surface area contributed by atoms with E-state index in [0.717, 1.165) is 0 Å². The number of ether oxygens (including phenoxy) is 1. The van der Waals surface area contributed by atoms with Crippen molar-refractivity contribution in [1.29, 1.82) is 0 Å². The average Bonchev–Trinajstić information content (AvgIpc) is 2.57. The first kappa shape index (κ1) is 17.1. The van der Waals surface area contributed by atoms with Crippen molar-refractivity contribution in [2.75, 3.05) is 20.2 Å². The zero-order valence-electron chi connectivity index (χ0n) is 14.5. The summed E-state index contributed by atoms with van der Waals surface area (Å²) in [5.41, 5.74) is -0.455. The third-order valence-corrected chi connectivity index (χ3v) is 6.07. The Morgan fingerprint density at radius 1 is 1.50 bits per heavy atom. The van der Waals surface area contributed by atoms with Crippen LogP contribution in [-0.2, 0) is 16.0 Å². The van der Waals surface area contributed by atoms with Crippen LogP contribution < -0.4 is 5.56 Å². The number of amides is 1. The molecule has 1 amide bonds. The predicted molar refractivity (Wildman–Crippen MR) is 87.6 cm³/mol. The zero-order valence-corrected chi connectivity index (χ0v) is 14.5. The zero-order chi connectivity index (χ0) is 17.5.